The zero-order chi connectivity index (χ0) is 29.7. The van der Waals surface area contributed by atoms with E-state index in [9.17, 15) is 14.4 Å². The summed E-state index contributed by atoms with van der Waals surface area (Å²) >= 11 is 0. The SMILES string of the molecule is COc1cc(-c2cccc(-c3cccc(NC(=O)c4cccn(C)c4=O)c3C)c2C)cc(F)c1CNCCC(=O)O. The second kappa shape index (κ2) is 12.6. The van der Waals surface area contributed by atoms with Crippen LogP contribution in [0.1, 0.15) is 33.5 Å². The summed E-state index contributed by atoms with van der Waals surface area (Å²) in [5.41, 5.74) is 5.53. The lowest BCUT2D eigenvalue weighted by atomic mass is 9.90. The molecule has 0 saturated heterocycles. The lowest BCUT2D eigenvalue weighted by molar-refractivity contribution is -0.136. The van der Waals surface area contributed by atoms with Crippen LogP contribution in [0, 0.1) is 19.7 Å². The van der Waals surface area contributed by atoms with Crippen LogP contribution >= 0.6 is 0 Å². The van der Waals surface area contributed by atoms with E-state index in [1.807, 2.05) is 44.2 Å². The lowest BCUT2D eigenvalue weighted by Crippen LogP contribution is -2.27. The first kappa shape index (κ1) is 29.2. The first-order valence-electron chi connectivity index (χ1n) is 13.1. The maximum atomic E-state index is 15.3. The van der Waals surface area contributed by atoms with Gasteiger partial charge in [-0.2, -0.15) is 0 Å². The number of nitrogens with zero attached hydrogens (tertiary/aromatic N) is 1. The van der Waals surface area contributed by atoms with Crippen molar-refractivity contribution in [2.24, 2.45) is 7.05 Å². The van der Waals surface area contributed by atoms with E-state index in [4.69, 9.17) is 9.84 Å². The second-order valence-corrected chi connectivity index (χ2v) is 9.71. The van der Waals surface area contributed by atoms with Crippen LogP contribution in [0.2, 0.25) is 0 Å². The fourth-order valence-corrected chi connectivity index (χ4v) is 4.79. The van der Waals surface area contributed by atoms with Gasteiger partial charge >= 0.3 is 5.97 Å². The minimum Gasteiger partial charge on any atom is -0.496 e. The number of aryl methyl sites for hydroxylation is 1. The van der Waals surface area contributed by atoms with Crippen molar-refractivity contribution in [1.82, 2.24) is 9.88 Å². The van der Waals surface area contributed by atoms with E-state index < -0.39 is 17.7 Å². The standard InChI is InChI=1S/C32H32FN3O5/c1-19-22(21-16-27(33)26(29(17-21)41-4)18-34-14-13-30(37)38)8-5-9-23(19)24-10-6-12-28(20(24)2)35-31(39)25-11-7-15-36(3)32(25)40/h5-12,15-17,34H,13-14,18H2,1-4H3,(H,35,39)(H,37,38). The molecule has 0 saturated carbocycles. The average Bonchev–Trinajstić information content (AvgIpc) is 2.94. The van der Waals surface area contributed by atoms with Crippen molar-refractivity contribution in [2.45, 2.75) is 26.8 Å². The molecule has 8 nitrogen and oxygen atoms in total. The summed E-state index contributed by atoms with van der Waals surface area (Å²) in [6, 6.07) is 17.7. The maximum Gasteiger partial charge on any atom is 0.304 e. The van der Waals surface area contributed by atoms with Crippen molar-refractivity contribution in [1.29, 1.82) is 0 Å². The summed E-state index contributed by atoms with van der Waals surface area (Å²) in [6.45, 7) is 4.19. The normalized spacial score (nSPS) is 10.9. The number of aliphatic carboxylic acids is 1. The molecule has 3 N–H and O–H groups in total. The van der Waals surface area contributed by atoms with Crippen LogP contribution < -0.4 is 20.9 Å². The Kier molecular flexibility index (Phi) is 8.99. The minimum absolute atomic E-state index is 0.0505. The van der Waals surface area contributed by atoms with Crippen molar-refractivity contribution < 1.29 is 23.8 Å². The van der Waals surface area contributed by atoms with Crippen LogP contribution in [0.5, 0.6) is 5.75 Å². The summed E-state index contributed by atoms with van der Waals surface area (Å²) in [6.07, 6.45) is 1.53. The Labute approximate surface area is 237 Å². The van der Waals surface area contributed by atoms with Crippen LogP contribution in [0.4, 0.5) is 10.1 Å². The van der Waals surface area contributed by atoms with Gasteiger partial charge in [-0.25, -0.2) is 4.39 Å². The number of hydrogen-bond donors (Lipinski definition) is 3. The number of pyridine rings is 1. The molecule has 0 aliphatic heterocycles. The summed E-state index contributed by atoms with van der Waals surface area (Å²) in [4.78, 5) is 36.1. The molecule has 212 valence electrons. The number of benzene rings is 3. The minimum atomic E-state index is -0.930. The van der Waals surface area contributed by atoms with Crippen LogP contribution in [0.25, 0.3) is 22.3 Å². The van der Waals surface area contributed by atoms with E-state index in [2.05, 4.69) is 10.6 Å². The lowest BCUT2D eigenvalue weighted by Gasteiger charge is -2.18. The van der Waals surface area contributed by atoms with E-state index in [1.165, 1.54) is 23.8 Å². The number of ether oxygens (including phenoxy) is 1. The molecule has 4 aromatic rings. The maximum absolute atomic E-state index is 15.3. The highest BCUT2D eigenvalue weighted by Gasteiger charge is 2.18. The van der Waals surface area contributed by atoms with Gasteiger partial charge in [0.05, 0.1) is 13.5 Å². The smallest absolute Gasteiger partial charge is 0.304 e. The number of nitrogens with one attached hydrogen (secondary N) is 2. The van der Waals surface area contributed by atoms with Crippen LogP contribution in [0.3, 0.4) is 0 Å². The summed E-state index contributed by atoms with van der Waals surface area (Å²) in [7, 11) is 3.06. The van der Waals surface area contributed by atoms with Crippen molar-refractivity contribution >= 4 is 17.6 Å². The number of carboxylic acids is 1. The molecule has 0 bridgehead atoms. The molecule has 1 aromatic heterocycles. The molecule has 3 aromatic carbocycles. The van der Waals surface area contributed by atoms with Crippen LogP contribution in [-0.4, -0.2) is 35.2 Å². The molecule has 0 atom stereocenters. The number of carbonyl (C=O) groups is 2. The number of carboxylic acid groups (broad SMARTS) is 1. The molecule has 41 heavy (non-hydrogen) atoms. The zero-order valence-corrected chi connectivity index (χ0v) is 23.4. The Bertz CT molecular complexity index is 1680. The summed E-state index contributed by atoms with van der Waals surface area (Å²) in [5, 5.41) is 14.6. The van der Waals surface area contributed by atoms with Gasteiger partial charge in [-0.1, -0.05) is 30.3 Å². The Hall–Kier alpha value is -4.76. The number of hydrogen-bond acceptors (Lipinski definition) is 5. The Morgan fingerprint density at radius 3 is 2.37 bits per heavy atom. The second-order valence-electron chi connectivity index (χ2n) is 9.71. The molecule has 1 amide bonds. The van der Waals surface area contributed by atoms with E-state index in [1.54, 1.807) is 31.4 Å². The fourth-order valence-electron chi connectivity index (χ4n) is 4.79. The molecule has 0 radical (unpaired) electrons. The highest BCUT2D eigenvalue weighted by Crippen LogP contribution is 2.37. The zero-order valence-electron chi connectivity index (χ0n) is 23.4. The number of anilines is 1. The molecule has 4 rings (SSSR count). The first-order chi connectivity index (χ1) is 19.6. The van der Waals surface area contributed by atoms with Crippen molar-refractivity contribution in [3.05, 3.63) is 105 Å². The number of carbonyl (C=O) groups excluding carboxylic acids is 1. The van der Waals surface area contributed by atoms with Gasteiger partial charge in [-0.05, 0) is 77.6 Å². The molecule has 9 heteroatoms. The largest absolute Gasteiger partial charge is 0.496 e. The molecule has 1 heterocycles. The van der Waals surface area contributed by atoms with E-state index in [0.29, 0.717) is 22.6 Å². The van der Waals surface area contributed by atoms with E-state index >= 15 is 4.39 Å². The molecule has 0 aliphatic carbocycles. The third kappa shape index (κ3) is 6.36. The number of amides is 1. The van der Waals surface area contributed by atoms with Crippen molar-refractivity contribution in [3.8, 4) is 28.0 Å². The number of halogens is 1. The molecule has 0 spiro atoms. The van der Waals surface area contributed by atoms with Gasteiger partial charge in [0.1, 0.15) is 17.1 Å². The Morgan fingerprint density at radius 1 is 0.976 bits per heavy atom. The van der Waals surface area contributed by atoms with Gasteiger partial charge in [0.15, 0.2) is 0 Å². The quantitative estimate of drug-likeness (QED) is 0.228. The highest BCUT2D eigenvalue weighted by molar-refractivity contribution is 6.05. The van der Waals surface area contributed by atoms with Crippen LogP contribution in [0.15, 0.2) is 71.7 Å². The van der Waals surface area contributed by atoms with Crippen molar-refractivity contribution in [3.63, 3.8) is 0 Å². The van der Waals surface area contributed by atoms with Gasteiger partial charge in [-0.3, -0.25) is 14.4 Å². The number of rotatable bonds is 10. The monoisotopic (exact) mass is 557 g/mol. The molecule has 0 aliphatic rings. The van der Waals surface area contributed by atoms with E-state index in [-0.39, 0.29) is 30.6 Å². The molecule has 0 unspecified atom stereocenters. The average molecular weight is 558 g/mol. The van der Waals surface area contributed by atoms with Gasteiger partial charge < -0.3 is 25.0 Å². The van der Waals surface area contributed by atoms with E-state index in [0.717, 1.165) is 27.8 Å². The van der Waals surface area contributed by atoms with Gasteiger partial charge in [0.25, 0.3) is 11.5 Å². The molecular weight excluding hydrogens is 525 g/mol. The topological polar surface area (TPSA) is 110 Å². The molecule has 0 fully saturated rings. The van der Waals surface area contributed by atoms with Crippen LogP contribution in [-0.2, 0) is 18.4 Å². The number of aromatic nitrogens is 1. The highest BCUT2D eigenvalue weighted by atomic mass is 19.1. The third-order valence-electron chi connectivity index (χ3n) is 7.08. The first-order valence-corrected chi connectivity index (χ1v) is 13.1. The predicted molar refractivity (Wildman–Crippen MR) is 157 cm³/mol. The van der Waals surface area contributed by atoms with Gasteiger partial charge in [0.2, 0.25) is 0 Å². The third-order valence-corrected chi connectivity index (χ3v) is 7.08. The van der Waals surface area contributed by atoms with Gasteiger partial charge in [-0.15, -0.1) is 0 Å². The predicted octanol–water partition coefficient (Wildman–Crippen LogP) is 5.30. The number of methoxy groups -OCH3 is 1. The fraction of sp³-hybridized carbons (Fsp3) is 0.219. The summed E-state index contributed by atoms with van der Waals surface area (Å²) in [5.74, 6) is -1.52. The molecular formula is C32H32FN3O5. The van der Waals surface area contributed by atoms with Crippen molar-refractivity contribution in [2.75, 3.05) is 19.0 Å². The Balaban J connectivity index is 1.66. The summed E-state index contributed by atoms with van der Waals surface area (Å²) < 4.78 is 22.1. The van der Waals surface area contributed by atoms with Gasteiger partial charge in [0, 0.05) is 37.6 Å². The Morgan fingerprint density at radius 2 is 1.66 bits per heavy atom.